The van der Waals surface area contributed by atoms with Gasteiger partial charge in [0.1, 0.15) is 17.4 Å². The third kappa shape index (κ3) is 2.47. The topological polar surface area (TPSA) is 59.2 Å². The minimum atomic E-state index is -0.718. The van der Waals surface area contributed by atoms with Crippen LogP contribution in [0.4, 0.5) is 8.78 Å². The third-order valence-corrected chi connectivity index (χ3v) is 3.08. The van der Waals surface area contributed by atoms with E-state index in [1.165, 1.54) is 6.07 Å². The molecule has 0 bridgehead atoms. The molecule has 21 heavy (non-hydrogen) atoms. The van der Waals surface area contributed by atoms with E-state index in [2.05, 4.69) is 10.1 Å². The Hall–Kier alpha value is -2.76. The van der Waals surface area contributed by atoms with Crippen LogP contribution in [0.1, 0.15) is 5.56 Å². The first kappa shape index (κ1) is 13.2. The van der Waals surface area contributed by atoms with Crippen molar-refractivity contribution in [1.29, 1.82) is 0 Å². The maximum atomic E-state index is 13.2. The van der Waals surface area contributed by atoms with Crippen LogP contribution in [0.25, 0.3) is 22.8 Å². The SMILES string of the molecule is Cc1c(O)cccc1-c1nc(-c2cc(F)cc(F)c2)no1. The first-order valence-corrected chi connectivity index (χ1v) is 6.14. The third-order valence-electron chi connectivity index (χ3n) is 3.08. The van der Waals surface area contributed by atoms with Gasteiger partial charge < -0.3 is 9.63 Å². The van der Waals surface area contributed by atoms with Crippen molar-refractivity contribution in [2.45, 2.75) is 6.92 Å². The number of nitrogens with zero attached hydrogens (tertiary/aromatic N) is 2. The van der Waals surface area contributed by atoms with Crippen LogP contribution >= 0.6 is 0 Å². The lowest BCUT2D eigenvalue weighted by Gasteiger charge is -2.01. The number of halogens is 2. The number of hydrogen-bond acceptors (Lipinski definition) is 4. The molecule has 0 spiro atoms. The molecule has 106 valence electrons. The van der Waals surface area contributed by atoms with Gasteiger partial charge >= 0.3 is 0 Å². The molecule has 3 aromatic rings. The van der Waals surface area contributed by atoms with Gasteiger partial charge in [-0.2, -0.15) is 4.98 Å². The van der Waals surface area contributed by atoms with Gasteiger partial charge in [-0.25, -0.2) is 8.78 Å². The van der Waals surface area contributed by atoms with E-state index in [0.717, 1.165) is 18.2 Å². The van der Waals surface area contributed by atoms with E-state index >= 15 is 0 Å². The van der Waals surface area contributed by atoms with Gasteiger partial charge in [-0.3, -0.25) is 0 Å². The first-order chi connectivity index (χ1) is 10.0. The molecule has 0 aliphatic heterocycles. The highest BCUT2D eigenvalue weighted by Gasteiger charge is 2.15. The number of phenols is 1. The minimum absolute atomic E-state index is 0.0751. The fourth-order valence-electron chi connectivity index (χ4n) is 1.99. The summed E-state index contributed by atoms with van der Waals surface area (Å²) in [6.45, 7) is 1.70. The summed E-state index contributed by atoms with van der Waals surface area (Å²) in [6, 6.07) is 7.89. The zero-order valence-electron chi connectivity index (χ0n) is 11.0. The Kier molecular flexibility index (Phi) is 3.13. The van der Waals surface area contributed by atoms with Crippen LogP contribution in [0.2, 0.25) is 0 Å². The molecule has 6 heteroatoms. The zero-order chi connectivity index (χ0) is 15.0. The van der Waals surface area contributed by atoms with Crippen molar-refractivity contribution >= 4 is 0 Å². The molecule has 0 amide bonds. The summed E-state index contributed by atoms with van der Waals surface area (Å²) < 4.78 is 31.5. The Labute approximate surface area is 118 Å². The number of aromatic nitrogens is 2. The van der Waals surface area contributed by atoms with Crippen LogP contribution in [0.3, 0.4) is 0 Å². The molecule has 3 rings (SSSR count). The molecule has 0 aliphatic carbocycles. The van der Waals surface area contributed by atoms with Gasteiger partial charge in [0.15, 0.2) is 0 Å². The van der Waals surface area contributed by atoms with Crippen LogP contribution in [0.5, 0.6) is 5.75 Å². The number of aromatic hydroxyl groups is 1. The summed E-state index contributed by atoms with van der Waals surface area (Å²) in [5, 5.41) is 13.4. The van der Waals surface area contributed by atoms with Crippen molar-refractivity contribution in [3.8, 4) is 28.6 Å². The zero-order valence-corrected chi connectivity index (χ0v) is 11.0. The van der Waals surface area contributed by atoms with E-state index in [9.17, 15) is 13.9 Å². The lowest BCUT2D eigenvalue weighted by atomic mass is 10.1. The lowest BCUT2D eigenvalue weighted by molar-refractivity contribution is 0.430. The summed E-state index contributed by atoms with van der Waals surface area (Å²) in [4.78, 5) is 4.11. The molecule has 4 nitrogen and oxygen atoms in total. The van der Waals surface area contributed by atoms with E-state index in [1.807, 2.05) is 0 Å². The predicted octanol–water partition coefficient (Wildman–Crippen LogP) is 3.70. The van der Waals surface area contributed by atoms with E-state index in [1.54, 1.807) is 19.1 Å². The van der Waals surface area contributed by atoms with Crippen molar-refractivity contribution in [3.05, 3.63) is 53.6 Å². The smallest absolute Gasteiger partial charge is 0.258 e. The molecule has 0 saturated carbocycles. The molecular weight excluding hydrogens is 278 g/mol. The van der Waals surface area contributed by atoms with E-state index in [0.29, 0.717) is 11.1 Å². The second kappa shape index (κ2) is 4.97. The molecule has 0 fully saturated rings. The van der Waals surface area contributed by atoms with Gasteiger partial charge in [0.05, 0.1) is 0 Å². The normalized spacial score (nSPS) is 10.8. The Balaban J connectivity index is 2.06. The molecule has 2 aromatic carbocycles. The predicted molar refractivity (Wildman–Crippen MR) is 71.5 cm³/mol. The van der Waals surface area contributed by atoms with Gasteiger partial charge in [0, 0.05) is 22.8 Å². The molecule has 0 aliphatic rings. The van der Waals surface area contributed by atoms with Gasteiger partial charge in [-0.15, -0.1) is 0 Å². The highest BCUT2D eigenvalue weighted by atomic mass is 19.1. The Bertz CT molecular complexity index is 795. The lowest BCUT2D eigenvalue weighted by Crippen LogP contribution is -1.87. The number of hydrogen-bond donors (Lipinski definition) is 1. The van der Waals surface area contributed by atoms with Crippen molar-refractivity contribution in [2.75, 3.05) is 0 Å². The second-order valence-corrected chi connectivity index (χ2v) is 4.53. The molecule has 1 N–H and O–H groups in total. The first-order valence-electron chi connectivity index (χ1n) is 6.14. The minimum Gasteiger partial charge on any atom is -0.508 e. The van der Waals surface area contributed by atoms with Crippen LogP contribution in [0.15, 0.2) is 40.9 Å². The quantitative estimate of drug-likeness (QED) is 0.781. The molecule has 0 radical (unpaired) electrons. The summed E-state index contributed by atoms with van der Waals surface area (Å²) in [6.07, 6.45) is 0. The van der Waals surface area contributed by atoms with E-state index < -0.39 is 11.6 Å². The average Bonchev–Trinajstić information content (AvgIpc) is 2.90. The summed E-state index contributed by atoms with van der Waals surface area (Å²) in [7, 11) is 0. The molecule has 1 aromatic heterocycles. The van der Waals surface area contributed by atoms with Gasteiger partial charge in [0.2, 0.25) is 5.82 Å². The maximum Gasteiger partial charge on any atom is 0.258 e. The monoisotopic (exact) mass is 288 g/mol. The fourth-order valence-corrected chi connectivity index (χ4v) is 1.99. The van der Waals surface area contributed by atoms with E-state index in [4.69, 9.17) is 4.52 Å². The Morgan fingerprint density at radius 1 is 1.10 bits per heavy atom. The standard InChI is InChI=1S/C15H10F2N2O2/c1-8-12(3-2-4-13(8)20)15-18-14(19-21-15)9-5-10(16)7-11(17)6-9/h2-7,20H,1H3. The van der Waals surface area contributed by atoms with Gasteiger partial charge in [-0.1, -0.05) is 11.2 Å². The Morgan fingerprint density at radius 2 is 1.81 bits per heavy atom. The Morgan fingerprint density at radius 3 is 2.52 bits per heavy atom. The maximum absolute atomic E-state index is 13.2. The molecule has 0 atom stereocenters. The van der Waals surface area contributed by atoms with Gasteiger partial charge in [-0.05, 0) is 31.2 Å². The van der Waals surface area contributed by atoms with Crippen molar-refractivity contribution in [3.63, 3.8) is 0 Å². The summed E-state index contributed by atoms with van der Waals surface area (Å²) in [5.41, 5.74) is 1.32. The largest absolute Gasteiger partial charge is 0.508 e. The van der Waals surface area contributed by atoms with Crippen LogP contribution in [-0.4, -0.2) is 15.2 Å². The van der Waals surface area contributed by atoms with Crippen LogP contribution < -0.4 is 0 Å². The molecule has 0 unspecified atom stereocenters. The van der Waals surface area contributed by atoms with E-state index in [-0.39, 0.29) is 23.0 Å². The number of phenolic OH excluding ortho intramolecular Hbond substituents is 1. The summed E-state index contributed by atoms with van der Waals surface area (Å²) >= 11 is 0. The van der Waals surface area contributed by atoms with Crippen LogP contribution in [0, 0.1) is 18.6 Å². The molecule has 1 heterocycles. The highest BCUT2D eigenvalue weighted by Crippen LogP contribution is 2.29. The van der Waals surface area contributed by atoms with Crippen molar-refractivity contribution < 1.29 is 18.4 Å². The average molecular weight is 288 g/mol. The fraction of sp³-hybridized carbons (Fsp3) is 0.0667. The molecule has 0 saturated heterocycles. The highest BCUT2D eigenvalue weighted by molar-refractivity contribution is 5.64. The van der Waals surface area contributed by atoms with Crippen LogP contribution in [-0.2, 0) is 0 Å². The van der Waals surface area contributed by atoms with Crippen molar-refractivity contribution in [2.24, 2.45) is 0 Å². The number of rotatable bonds is 2. The number of benzene rings is 2. The molecular formula is C15H10F2N2O2. The van der Waals surface area contributed by atoms with Crippen molar-refractivity contribution in [1.82, 2.24) is 10.1 Å². The second-order valence-electron chi connectivity index (χ2n) is 4.53. The van der Waals surface area contributed by atoms with Gasteiger partial charge in [0.25, 0.3) is 5.89 Å². The summed E-state index contributed by atoms with van der Waals surface area (Å²) in [5.74, 6) is -1.09.